The maximum absolute atomic E-state index is 10.6. The molecule has 0 aliphatic heterocycles. The van der Waals surface area contributed by atoms with Crippen molar-refractivity contribution >= 4 is 16.3 Å². The molecule has 1 aromatic carbocycles. The smallest absolute Gasteiger partial charge is 0.230 e. The Morgan fingerprint density at radius 2 is 2.04 bits per heavy atom. The van der Waals surface area contributed by atoms with Crippen molar-refractivity contribution in [2.75, 3.05) is 20.2 Å². The van der Waals surface area contributed by atoms with Gasteiger partial charge in [0.1, 0.15) is 5.82 Å². The van der Waals surface area contributed by atoms with Crippen LogP contribution in [0, 0.1) is 13.8 Å². The number of aliphatic hydroxyl groups is 1. The second-order valence-corrected chi connectivity index (χ2v) is 6.62. The molecule has 7 heteroatoms. The monoisotopic (exact) mass is 332 g/mol. The van der Waals surface area contributed by atoms with E-state index in [1.807, 2.05) is 37.1 Å². The van der Waals surface area contributed by atoms with Crippen LogP contribution in [0.2, 0.25) is 0 Å². The maximum Gasteiger partial charge on any atom is 0.230 e. The van der Waals surface area contributed by atoms with Gasteiger partial charge in [0.2, 0.25) is 10.8 Å². The Hall–Kier alpha value is -1.96. The summed E-state index contributed by atoms with van der Waals surface area (Å²) in [6, 6.07) is 7.92. The Morgan fingerprint density at radius 3 is 2.70 bits per heavy atom. The number of thiazole rings is 1. The van der Waals surface area contributed by atoms with Gasteiger partial charge in [0.25, 0.3) is 0 Å². The molecule has 0 saturated carbocycles. The lowest BCUT2D eigenvalue weighted by Crippen LogP contribution is -2.28. The number of hydrogen-bond donors (Lipinski definition) is 2. The van der Waals surface area contributed by atoms with Gasteiger partial charge in [-0.2, -0.15) is 4.52 Å². The van der Waals surface area contributed by atoms with Crippen molar-refractivity contribution < 1.29 is 10.2 Å². The van der Waals surface area contributed by atoms with Crippen molar-refractivity contribution in [1.29, 1.82) is 0 Å². The lowest BCUT2D eigenvalue weighted by molar-refractivity contribution is 0.196. The van der Waals surface area contributed by atoms with E-state index in [1.54, 1.807) is 6.92 Å². The Bertz CT molecular complexity index is 827. The number of aryl methyl sites for hydroxylation is 2. The molecule has 0 bridgehead atoms. The van der Waals surface area contributed by atoms with Crippen molar-refractivity contribution in [3.05, 3.63) is 46.1 Å². The molecule has 6 nitrogen and oxygen atoms in total. The fourth-order valence-corrected chi connectivity index (χ4v) is 3.97. The molecule has 3 rings (SSSR count). The highest BCUT2D eigenvalue weighted by Gasteiger charge is 2.28. The number of hydrogen-bond acceptors (Lipinski definition) is 6. The van der Waals surface area contributed by atoms with E-state index in [2.05, 4.69) is 16.1 Å². The zero-order valence-electron chi connectivity index (χ0n) is 13.4. The SMILES string of the molecule is Cc1nc2sc(C(c3ccccc3C)N(C)CCO)c(O)n2n1. The fraction of sp³-hybridized carbons (Fsp3) is 0.375. The van der Waals surface area contributed by atoms with Crippen LogP contribution in [-0.2, 0) is 0 Å². The highest BCUT2D eigenvalue weighted by molar-refractivity contribution is 7.17. The highest BCUT2D eigenvalue weighted by Crippen LogP contribution is 2.40. The van der Waals surface area contributed by atoms with Gasteiger partial charge in [0.05, 0.1) is 17.5 Å². The molecule has 0 spiro atoms. The summed E-state index contributed by atoms with van der Waals surface area (Å²) in [5, 5.41) is 24.2. The fourth-order valence-electron chi connectivity index (χ4n) is 2.79. The van der Waals surface area contributed by atoms with E-state index in [1.165, 1.54) is 15.9 Å². The second-order valence-electron chi connectivity index (χ2n) is 5.61. The first-order valence-electron chi connectivity index (χ1n) is 7.44. The summed E-state index contributed by atoms with van der Waals surface area (Å²) < 4.78 is 1.48. The topological polar surface area (TPSA) is 73.9 Å². The standard InChI is InChI=1S/C16H20N4O2S/c1-10-6-4-5-7-12(10)13(19(3)8-9-21)14-15(22)20-16(23-14)17-11(2)18-20/h4-7,13,21-22H,8-9H2,1-3H3. The quantitative estimate of drug-likeness (QED) is 0.749. The van der Waals surface area contributed by atoms with E-state index < -0.39 is 0 Å². The van der Waals surface area contributed by atoms with Crippen molar-refractivity contribution in [1.82, 2.24) is 19.5 Å². The predicted octanol–water partition coefficient (Wildman–Crippen LogP) is 2.13. The number of fused-ring (bicyclic) bond motifs is 1. The third-order valence-corrected chi connectivity index (χ3v) is 5.00. The number of aromatic nitrogens is 3. The van der Waals surface area contributed by atoms with Gasteiger partial charge in [-0.1, -0.05) is 35.6 Å². The summed E-state index contributed by atoms with van der Waals surface area (Å²) in [5.74, 6) is 0.748. The second kappa shape index (κ2) is 6.27. The van der Waals surface area contributed by atoms with Crippen LogP contribution in [0.15, 0.2) is 24.3 Å². The van der Waals surface area contributed by atoms with Crippen LogP contribution < -0.4 is 0 Å². The lowest BCUT2D eigenvalue weighted by atomic mass is 9.99. The van der Waals surface area contributed by atoms with Gasteiger partial charge in [0.15, 0.2) is 0 Å². The summed E-state index contributed by atoms with van der Waals surface area (Å²) in [6.45, 7) is 4.41. The average Bonchev–Trinajstić information content (AvgIpc) is 3.01. The Labute approximate surface area is 138 Å². The van der Waals surface area contributed by atoms with Crippen LogP contribution in [-0.4, -0.2) is 49.9 Å². The summed E-state index contributed by atoms with van der Waals surface area (Å²) in [6.07, 6.45) is 0. The van der Waals surface area contributed by atoms with Crippen molar-refractivity contribution in [2.45, 2.75) is 19.9 Å². The molecule has 1 unspecified atom stereocenters. The Balaban J connectivity index is 2.15. The highest BCUT2D eigenvalue weighted by atomic mass is 32.1. The molecular weight excluding hydrogens is 312 g/mol. The number of benzene rings is 1. The van der Waals surface area contributed by atoms with Gasteiger partial charge in [0, 0.05) is 6.54 Å². The molecule has 2 aromatic heterocycles. The van der Waals surface area contributed by atoms with E-state index in [0.29, 0.717) is 17.3 Å². The van der Waals surface area contributed by atoms with Gasteiger partial charge in [-0.15, -0.1) is 5.10 Å². The third-order valence-electron chi connectivity index (χ3n) is 3.93. The first-order valence-corrected chi connectivity index (χ1v) is 8.26. The van der Waals surface area contributed by atoms with Crippen LogP contribution in [0.5, 0.6) is 5.88 Å². The molecule has 0 aliphatic rings. The largest absolute Gasteiger partial charge is 0.492 e. The van der Waals surface area contributed by atoms with E-state index in [-0.39, 0.29) is 18.5 Å². The van der Waals surface area contributed by atoms with Crippen LogP contribution >= 0.6 is 11.3 Å². The minimum atomic E-state index is -0.155. The van der Waals surface area contributed by atoms with Gasteiger partial charge >= 0.3 is 0 Å². The minimum absolute atomic E-state index is 0.0551. The number of likely N-dealkylation sites (N-methyl/N-ethyl adjacent to an activating group) is 1. The predicted molar refractivity (Wildman–Crippen MR) is 90.0 cm³/mol. The first-order chi connectivity index (χ1) is 11.0. The molecule has 0 aliphatic carbocycles. The molecule has 23 heavy (non-hydrogen) atoms. The third kappa shape index (κ3) is 2.83. The van der Waals surface area contributed by atoms with Crippen LogP contribution in [0.1, 0.15) is 27.9 Å². The van der Waals surface area contributed by atoms with Gasteiger partial charge in [-0.05, 0) is 32.0 Å². The number of aromatic hydroxyl groups is 1. The summed E-state index contributed by atoms with van der Waals surface area (Å²) in [5.41, 5.74) is 2.23. The van der Waals surface area contributed by atoms with Crippen molar-refractivity contribution in [3.63, 3.8) is 0 Å². The molecule has 2 N–H and O–H groups in total. The molecule has 122 valence electrons. The van der Waals surface area contributed by atoms with Gasteiger partial charge in [-0.25, -0.2) is 4.98 Å². The van der Waals surface area contributed by atoms with E-state index in [4.69, 9.17) is 0 Å². The zero-order valence-corrected chi connectivity index (χ0v) is 14.2. The average molecular weight is 332 g/mol. The minimum Gasteiger partial charge on any atom is -0.492 e. The van der Waals surface area contributed by atoms with Crippen LogP contribution in [0.4, 0.5) is 0 Å². The van der Waals surface area contributed by atoms with Crippen molar-refractivity contribution in [2.24, 2.45) is 0 Å². The summed E-state index contributed by atoms with van der Waals surface area (Å²) in [7, 11) is 1.94. The van der Waals surface area contributed by atoms with Crippen LogP contribution in [0.3, 0.4) is 0 Å². The molecule has 3 aromatic rings. The Morgan fingerprint density at radius 1 is 1.30 bits per heavy atom. The normalized spacial score (nSPS) is 13.1. The van der Waals surface area contributed by atoms with E-state index in [0.717, 1.165) is 16.0 Å². The number of rotatable bonds is 5. The van der Waals surface area contributed by atoms with Gasteiger partial charge in [-0.3, -0.25) is 4.90 Å². The zero-order chi connectivity index (χ0) is 16.6. The molecule has 2 heterocycles. The van der Waals surface area contributed by atoms with E-state index in [9.17, 15) is 10.2 Å². The molecule has 0 fully saturated rings. The first kappa shape index (κ1) is 15.9. The molecule has 0 saturated heterocycles. The number of nitrogens with zero attached hydrogens (tertiary/aromatic N) is 4. The van der Waals surface area contributed by atoms with Crippen molar-refractivity contribution in [3.8, 4) is 5.88 Å². The molecule has 1 atom stereocenters. The molecule has 0 radical (unpaired) electrons. The Kier molecular flexibility index (Phi) is 4.34. The molecule has 0 amide bonds. The molecular formula is C16H20N4O2S. The van der Waals surface area contributed by atoms with Crippen LogP contribution in [0.25, 0.3) is 4.96 Å². The number of aliphatic hydroxyl groups excluding tert-OH is 1. The van der Waals surface area contributed by atoms with Gasteiger partial charge < -0.3 is 10.2 Å². The van der Waals surface area contributed by atoms with E-state index >= 15 is 0 Å². The summed E-state index contributed by atoms with van der Waals surface area (Å²) in [4.78, 5) is 7.82. The summed E-state index contributed by atoms with van der Waals surface area (Å²) >= 11 is 1.43. The maximum atomic E-state index is 10.6. The lowest BCUT2D eigenvalue weighted by Gasteiger charge is -2.28.